The SMILES string of the molecule is CCc1ccc(-c2csc(-c3ccccc3N)n2)s1. The second kappa shape index (κ2) is 5.15. The van der Waals surface area contributed by atoms with E-state index in [1.54, 1.807) is 11.3 Å². The van der Waals surface area contributed by atoms with Crippen LogP contribution in [-0.2, 0) is 6.42 Å². The van der Waals surface area contributed by atoms with Crippen LogP contribution in [0.4, 0.5) is 5.69 Å². The van der Waals surface area contributed by atoms with Crippen molar-refractivity contribution in [1.29, 1.82) is 0 Å². The van der Waals surface area contributed by atoms with Gasteiger partial charge in [-0.25, -0.2) is 4.98 Å². The van der Waals surface area contributed by atoms with Crippen LogP contribution < -0.4 is 5.73 Å². The molecular formula is C15H14N2S2. The molecule has 2 nitrogen and oxygen atoms in total. The predicted octanol–water partition coefficient (Wildman–Crippen LogP) is 4.68. The Morgan fingerprint density at radius 2 is 2.00 bits per heavy atom. The molecule has 0 radical (unpaired) electrons. The van der Waals surface area contributed by atoms with Gasteiger partial charge in [0.15, 0.2) is 0 Å². The lowest BCUT2D eigenvalue weighted by Gasteiger charge is -2.00. The highest BCUT2D eigenvalue weighted by molar-refractivity contribution is 7.16. The molecule has 0 amide bonds. The minimum Gasteiger partial charge on any atom is -0.398 e. The Morgan fingerprint density at radius 1 is 1.16 bits per heavy atom. The van der Waals surface area contributed by atoms with Crippen LogP contribution in [0.5, 0.6) is 0 Å². The van der Waals surface area contributed by atoms with E-state index in [1.807, 2.05) is 35.6 Å². The van der Waals surface area contributed by atoms with E-state index in [9.17, 15) is 0 Å². The third-order valence-corrected chi connectivity index (χ3v) is 5.09. The monoisotopic (exact) mass is 286 g/mol. The van der Waals surface area contributed by atoms with E-state index < -0.39 is 0 Å². The molecule has 0 aliphatic heterocycles. The van der Waals surface area contributed by atoms with E-state index in [0.29, 0.717) is 0 Å². The molecule has 2 aromatic heterocycles. The first-order valence-corrected chi connectivity index (χ1v) is 7.87. The molecule has 0 saturated heterocycles. The van der Waals surface area contributed by atoms with Gasteiger partial charge >= 0.3 is 0 Å². The minimum atomic E-state index is 0.781. The van der Waals surface area contributed by atoms with Gasteiger partial charge in [-0.1, -0.05) is 19.1 Å². The number of hydrogen-bond donors (Lipinski definition) is 1. The summed E-state index contributed by atoms with van der Waals surface area (Å²) in [5.74, 6) is 0. The van der Waals surface area contributed by atoms with Gasteiger partial charge in [-0.2, -0.15) is 0 Å². The second-order valence-corrected chi connectivity index (χ2v) is 6.27. The lowest BCUT2D eigenvalue weighted by molar-refractivity contribution is 1.19. The van der Waals surface area contributed by atoms with Crippen LogP contribution in [0.3, 0.4) is 0 Å². The van der Waals surface area contributed by atoms with Crippen LogP contribution in [0.15, 0.2) is 41.8 Å². The number of benzene rings is 1. The molecule has 19 heavy (non-hydrogen) atoms. The van der Waals surface area contributed by atoms with Crippen LogP contribution in [0.1, 0.15) is 11.8 Å². The zero-order valence-electron chi connectivity index (χ0n) is 10.6. The molecule has 2 heterocycles. The topological polar surface area (TPSA) is 38.9 Å². The average molecular weight is 286 g/mol. The molecule has 2 N–H and O–H groups in total. The quantitative estimate of drug-likeness (QED) is 0.710. The van der Waals surface area contributed by atoms with Crippen molar-refractivity contribution in [3.05, 3.63) is 46.7 Å². The maximum absolute atomic E-state index is 6.00. The van der Waals surface area contributed by atoms with E-state index in [-0.39, 0.29) is 0 Å². The summed E-state index contributed by atoms with van der Waals surface area (Å²) in [7, 11) is 0. The first kappa shape index (κ1) is 12.4. The number of nitrogens with two attached hydrogens (primary N) is 1. The lowest BCUT2D eigenvalue weighted by atomic mass is 10.2. The van der Waals surface area contributed by atoms with Gasteiger partial charge in [-0.05, 0) is 30.7 Å². The number of thiazole rings is 1. The highest BCUT2D eigenvalue weighted by atomic mass is 32.1. The number of para-hydroxylation sites is 1. The van der Waals surface area contributed by atoms with Crippen molar-refractivity contribution in [3.8, 4) is 21.1 Å². The molecule has 4 heteroatoms. The third-order valence-electron chi connectivity index (χ3n) is 2.96. The van der Waals surface area contributed by atoms with Crippen molar-refractivity contribution >= 4 is 28.4 Å². The zero-order chi connectivity index (χ0) is 13.2. The molecule has 0 aliphatic carbocycles. The minimum absolute atomic E-state index is 0.781. The molecule has 3 aromatic rings. The van der Waals surface area contributed by atoms with Crippen molar-refractivity contribution in [3.63, 3.8) is 0 Å². The maximum atomic E-state index is 6.00. The molecule has 96 valence electrons. The number of aromatic nitrogens is 1. The van der Waals surface area contributed by atoms with E-state index in [2.05, 4.69) is 24.4 Å². The zero-order valence-corrected chi connectivity index (χ0v) is 12.2. The number of thiophene rings is 1. The molecule has 0 fully saturated rings. The summed E-state index contributed by atoms with van der Waals surface area (Å²) in [6.45, 7) is 2.17. The van der Waals surface area contributed by atoms with Gasteiger partial charge in [0, 0.05) is 21.5 Å². The highest BCUT2D eigenvalue weighted by Crippen LogP contribution is 2.34. The Balaban J connectivity index is 1.97. The van der Waals surface area contributed by atoms with Gasteiger partial charge < -0.3 is 5.73 Å². The molecule has 3 rings (SSSR count). The molecule has 1 aromatic carbocycles. The van der Waals surface area contributed by atoms with Crippen molar-refractivity contribution in [2.24, 2.45) is 0 Å². The number of aryl methyl sites for hydroxylation is 1. The summed E-state index contributed by atoms with van der Waals surface area (Å²) in [6.07, 6.45) is 1.08. The Kier molecular flexibility index (Phi) is 3.36. The Labute approximate surface area is 120 Å². The first-order chi connectivity index (χ1) is 9.28. The smallest absolute Gasteiger partial charge is 0.126 e. The summed E-state index contributed by atoms with van der Waals surface area (Å²) in [5, 5.41) is 3.09. The number of nitrogens with zero attached hydrogens (tertiary/aromatic N) is 1. The van der Waals surface area contributed by atoms with Gasteiger partial charge in [0.1, 0.15) is 5.01 Å². The van der Waals surface area contributed by atoms with Gasteiger partial charge in [0.2, 0.25) is 0 Å². The standard InChI is InChI=1S/C15H14N2S2/c1-2-10-7-8-14(19-10)13-9-18-15(17-13)11-5-3-4-6-12(11)16/h3-9H,2,16H2,1H3. The van der Waals surface area contributed by atoms with Gasteiger partial charge in [0.05, 0.1) is 10.6 Å². The van der Waals surface area contributed by atoms with Crippen molar-refractivity contribution in [2.75, 3.05) is 5.73 Å². The third kappa shape index (κ3) is 2.41. The fourth-order valence-electron chi connectivity index (χ4n) is 1.91. The summed E-state index contributed by atoms with van der Waals surface area (Å²) < 4.78 is 0. The fraction of sp³-hybridized carbons (Fsp3) is 0.133. The van der Waals surface area contributed by atoms with E-state index in [1.165, 1.54) is 9.75 Å². The van der Waals surface area contributed by atoms with Crippen molar-refractivity contribution < 1.29 is 0 Å². The molecule has 0 saturated carbocycles. The largest absolute Gasteiger partial charge is 0.398 e. The van der Waals surface area contributed by atoms with Crippen LogP contribution in [0.25, 0.3) is 21.1 Å². The fourth-order valence-corrected chi connectivity index (χ4v) is 3.76. The van der Waals surface area contributed by atoms with E-state index in [4.69, 9.17) is 10.7 Å². The van der Waals surface area contributed by atoms with E-state index in [0.717, 1.165) is 28.4 Å². The molecule has 0 unspecified atom stereocenters. The maximum Gasteiger partial charge on any atom is 0.126 e. The Hall–Kier alpha value is -1.65. The molecule has 0 aliphatic rings. The first-order valence-electron chi connectivity index (χ1n) is 6.17. The molecule has 0 spiro atoms. The summed E-state index contributed by atoms with van der Waals surface area (Å²) in [6, 6.07) is 12.2. The van der Waals surface area contributed by atoms with E-state index >= 15 is 0 Å². The summed E-state index contributed by atoms with van der Waals surface area (Å²) in [4.78, 5) is 7.33. The number of rotatable bonds is 3. The van der Waals surface area contributed by atoms with Crippen LogP contribution in [0, 0.1) is 0 Å². The van der Waals surface area contributed by atoms with Crippen LogP contribution >= 0.6 is 22.7 Å². The van der Waals surface area contributed by atoms with Crippen molar-refractivity contribution in [1.82, 2.24) is 4.98 Å². The molecule has 0 bridgehead atoms. The summed E-state index contributed by atoms with van der Waals surface area (Å²) >= 11 is 3.46. The highest BCUT2D eigenvalue weighted by Gasteiger charge is 2.10. The normalized spacial score (nSPS) is 10.8. The van der Waals surface area contributed by atoms with Gasteiger partial charge in [0.25, 0.3) is 0 Å². The summed E-state index contributed by atoms with van der Waals surface area (Å²) in [5.41, 5.74) is 8.85. The Morgan fingerprint density at radius 3 is 2.74 bits per heavy atom. The lowest BCUT2D eigenvalue weighted by Crippen LogP contribution is -1.88. The average Bonchev–Trinajstić information content (AvgIpc) is 3.08. The van der Waals surface area contributed by atoms with Crippen LogP contribution in [-0.4, -0.2) is 4.98 Å². The Bertz CT molecular complexity index is 698. The second-order valence-electron chi connectivity index (χ2n) is 4.24. The number of hydrogen-bond acceptors (Lipinski definition) is 4. The predicted molar refractivity (Wildman–Crippen MR) is 84.7 cm³/mol. The van der Waals surface area contributed by atoms with Crippen LogP contribution in [0.2, 0.25) is 0 Å². The van der Waals surface area contributed by atoms with Gasteiger partial charge in [-0.15, -0.1) is 22.7 Å². The number of anilines is 1. The molecular weight excluding hydrogens is 272 g/mol. The number of nitrogen functional groups attached to an aromatic ring is 1. The van der Waals surface area contributed by atoms with Gasteiger partial charge in [-0.3, -0.25) is 0 Å². The van der Waals surface area contributed by atoms with Crippen molar-refractivity contribution in [2.45, 2.75) is 13.3 Å². The molecule has 0 atom stereocenters.